The fourth-order valence-corrected chi connectivity index (χ4v) is 7.08. The van der Waals surface area contributed by atoms with E-state index in [0.29, 0.717) is 13.1 Å². The zero-order valence-corrected chi connectivity index (χ0v) is 20.7. The van der Waals surface area contributed by atoms with Gasteiger partial charge in [0.1, 0.15) is 24.2 Å². The third-order valence-corrected chi connectivity index (χ3v) is 8.67. The molecule has 35 heavy (non-hydrogen) atoms. The molecule has 1 N–H and O–H groups in total. The smallest absolute Gasteiger partial charge is 0.313 e. The number of hydrogen-bond acceptors (Lipinski definition) is 6. The molecule has 0 aromatic carbocycles. The molecular formula is C27H38N2O6. The van der Waals surface area contributed by atoms with Gasteiger partial charge >= 0.3 is 5.97 Å². The van der Waals surface area contributed by atoms with Gasteiger partial charge in [-0.1, -0.05) is 50.3 Å². The molecule has 5 aliphatic rings. The molecule has 1 unspecified atom stereocenters. The number of nitrogens with zero attached hydrogens (tertiary/aromatic N) is 2. The van der Waals surface area contributed by atoms with Crippen molar-refractivity contribution in [2.24, 2.45) is 11.8 Å². The maximum atomic E-state index is 14.3. The van der Waals surface area contributed by atoms with Crippen molar-refractivity contribution in [2.45, 2.75) is 88.0 Å². The van der Waals surface area contributed by atoms with Gasteiger partial charge in [0.2, 0.25) is 11.8 Å². The van der Waals surface area contributed by atoms with Crippen LogP contribution in [0.25, 0.3) is 0 Å². The molecule has 3 fully saturated rings. The predicted octanol–water partition coefficient (Wildman–Crippen LogP) is 2.35. The van der Waals surface area contributed by atoms with Crippen molar-refractivity contribution in [1.82, 2.24) is 9.80 Å². The highest BCUT2D eigenvalue weighted by molar-refractivity contribution is 5.99. The number of amides is 2. The van der Waals surface area contributed by atoms with Gasteiger partial charge in [-0.3, -0.25) is 14.4 Å². The summed E-state index contributed by atoms with van der Waals surface area (Å²) in [5.41, 5.74) is -2.20. The summed E-state index contributed by atoms with van der Waals surface area (Å²) < 4.78 is 12.2. The van der Waals surface area contributed by atoms with Crippen molar-refractivity contribution < 1.29 is 29.0 Å². The first-order chi connectivity index (χ1) is 16.9. The van der Waals surface area contributed by atoms with Crippen LogP contribution in [0.2, 0.25) is 0 Å². The number of rotatable bonds is 7. The number of ether oxygens (including phenoxy) is 2. The van der Waals surface area contributed by atoms with Crippen LogP contribution in [0.3, 0.4) is 0 Å². The van der Waals surface area contributed by atoms with Gasteiger partial charge in [-0.2, -0.15) is 0 Å². The zero-order chi connectivity index (χ0) is 24.6. The van der Waals surface area contributed by atoms with E-state index in [1.807, 2.05) is 30.1 Å². The highest BCUT2D eigenvalue weighted by Crippen LogP contribution is 2.57. The fourth-order valence-electron chi connectivity index (χ4n) is 7.08. The number of aliphatic hydroxyl groups excluding tert-OH is 1. The van der Waals surface area contributed by atoms with E-state index in [2.05, 4.69) is 0 Å². The average molecular weight is 487 g/mol. The summed E-state index contributed by atoms with van der Waals surface area (Å²) in [6.45, 7) is 3.07. The van der Waals surface area contributed by atoms with Crippen LogP contribution in [0.5, 0.6) is 0 Å². The molecule has 4 aliphatic heterocycles. The molecule has 1 spiro atoms. The summed E-state index contributed by atoms with van der Waals surface area (Å²) in [6, 6.07) is -0.618. The van der Waals surface area contributed by atoms with Crippen molar-refractivity contribution in [1.29, 1.82) is 0 Å². The summed E-state index contributed by atoms with van der Waals surface area (Å²) >= 11 is 0. The first kappa shape index (κ1) is 24.5. The van der Waals surface area contributed by atoms with Crippen molar-refractivity contribution in [3.05, 3.63) is 24.3 Å². The van der Waals surface area contributed by atoms with Gasteiger partial charge in [0.15, 0.2) is 0 Å². The van der Waals surface area contributed by atoms with Crippen LogP contribution < -0.4 is 0 Å². The van der Waals surface area contributed by atoms with Crippen LogP contribution in [-0.4, -0.2) is 82.3 Å². The lowest BCUT2D eigenvalue weighted by Gasteiger charge is -2.40. The van der Waals surface area contributed by atoms with E-state index in [9.17, 15) is 14.4 Å². The van der Waals surface area contributed by atoms with Crippen LogP contribution in [0.15, 0.2) is 24.3 Å². The zero-order valence-electron chi connectivity index (χ0n) is 20.7. The minimum absolute atomic E-state index is 0.0643. The Morgan fingerprint density at radius 1 is 0.971 bits per heavy atom. The Kier molecular flexibility index (Phi) is 6.79. The van der Waals surface area contributed by atoms with E-state index in [0.717, 1.165) is 51.4 Å². The Labute approximate surface area is 207 Å². The molecule has 0 aromatic rings. The lowest BCUT2D eigenvalue weighted by molar-refractivity contribution is -0.158. The molecule has 8 nitrogen and oxygen atoms in total. The molecule has 2 amide bonds. The Hall–Kier alpha value is -2.19. The van der Waals surface area contributed by atoms with Crippen LogP contribution in [0.1, 0.15) is 64.7 Å². The van der Waals surface area contributed by atoms with E-state index in [-0.39, 0.29) is 31.1 Å². The first-order valence-electron chi connectivity index (χ1n) is 13.4. The van der Waals surface area contributed by atoms with Gasteiger partial charge in [0.05, 0.1) is 11.5 Å². The Morgan fingerprint density at radius 3 is 2.51 bits per heavy atom. The minimum atomic E-state index is -1.19. The number of carbonyl (C=O) groups is 3. The van der Waals surface area contributed by atoms with E-state index in [1.165, 1.54) is 6.42 Å². The number of esters is 1. The third-order valence-electron chi connectivity index (χ3n) is 8.67. The summed E-state index contributed by atoms with van der Waals surface area (Å²) in [4.78, 5) is 45.1. The molecule has 4 heterocycles. The quantitative estimate of drug-likeness (QED) is 0.337. The first-order valence-corrected chi connectivity index (χ1v) is 13.4. The Bertz CT molecular complexity index is 911. The second-order valence-electron chi connectivity index (χ2n) is 10.9. The number of unbranched alkanes of at least 4 members (excludes halogenated alkanes) is 3. The maximum Gasteiger partial charge on any atom is 0.313 e. The number of carbonyl (C=O) groups excluding carboxylic acids is 3. The Morgan fingerprint density at radius 2 is 1.74 bits per heavy atom. The average Bonchev–Trinajstić information content (AvgIpc) is 3.10. The predicted molar refractivity (Wildman–Crippen MR) is 128 cm³/mol. The molecular weight excluding hydrogens is 448 g/mol. The molecule has 1 aliphatic carbocycles. The van der Waals surface area contributed by atoms with Crippen molar-refractivity contribution in [3.63, 3.8) is 0 Å². The molecule has 192 valence electrons. The SMILES string of the molecule is C[C@@]12C=CCOC(=O)[C@@H]1[C@H]1C(=O)N(CCCCCCO)C3C(=O)N(C4CCCCC4)CC=C[C@@]31O2. The summed E-state index contributed by atoms with van der Waals surface area (Å²) in [5.74, 6) is -2.29. The minimum Gasteiger partial charge on any atom is -0.461 e. The molecule has 0 radical (unpaired) electrons. The number of fused-ring (bicyclic) bond motifs is 2. The lowest BCUT2D eigenvalue weighted by Crippen LogP contribution is -2.57. The fraction of sp³-hybridized carbons (Fsp3) is 0.741. The van der Waals surface area contributed by atoms with Gasteiger partial charge in [0.25, 0.3) is 0 Å². The molecule has 0 aromatic heterocycles. The molecule has 5 rings (SSSR count). The van der Waals surface area contributed by atoms with E-state index < -0.39 is 35.0 Å². The monoisotopic (exact) mass is 486 g/mol. The van der Waals surface area contributed by atoms with E-state index >= 15 is 0 Å². The van der Waals surface area contributed by atoms with Crippen LogP contribution in [0.4, 0.5) is 0 Å². The second kappa shape index (κ2) is 9.69. The third kappa shape index (κ3) is 4.02. The highest BCUT2D eigenvalue weighted by Gasteiger charge is 2.74. The standard InChI is InChI=1S/C27H38N2O6/c1-26-13-10-18-34-25(33)21(26)20-23(31)29(15-7-2-3-8-17-30)22-24(32)28(19-11-5-4-6-12-19)16-9-14-27(20,22)35-26/h9-10,13-14,19-22,30H,2-8,11-12,15-18H2,1H3/t20-,21-,22?,26+,27-/m0/s1. The van der Waals surface area contributed by atoms with Crippen LogP contribution >= 0.6 is 0 Å². The van der Waals surface area contributed by atoms with E-state index in [4.69, 9.17) is 14.6 Å². The number of aliphatic hydroxyl groups is 1. The summed E-state index contributed by atoms with van der Waals surface area (Å²) in [5, 5.41) is 9.09. The molecule has 8 heteroatoms. The second-order valence-corrected chi connectivity index (χ2v) is 10.9. The molecule has 5 atom stereocenters. The van der Waals surface area contributed by atoms with Crippen molar-refractivity contribution in [3.8, 4) is 0 Å². The lowest BCUT2D eigenvalue weighted by atomic mass is 9.74. The maximum absolute atomic E-state index is 14.3. The van der Waals surface area contributed by atoms with E-state index in [1.54, 1.807) is 11.0 Å². The summed E-state index contributed by atoms with van der Waals surface area (Å²) in [6.07, 6.45) is 16.0. The van der Waals surface area contributed by atoms with Gasteiger partial charge in [-0.05, 0) is 38.7 Å². The highest BCUT2D eigenvalue weighted by atomic mass is 16.6. The van der Waals surface area contributed by atoms with Crippen molar-refractivity contribution in [2.75, 3.05) is 26.3 Å². The summed E-state index contributed by atoms with van der Waals surface area (Å²) in [7, 11) is 0. The number of likely N-dealkylation sites (tertiary alicyclic amines) is 1. The van der Waals surface area contributed by atoms with Crippen LogP contribution in [-0.2, 0) is 23.9 Å². The molecule has 0 bridgehead atoms. The van der Waals surface area contributed by atoms with Crippen molar-refractivity contribution >= 4 is 17.8 Å². The van der Waals surface area contributed by atoms with Gasteiger partial charge in [-0.15, -0.1) is 0 Å². The normalized spacial score (nSPS) is 37.1. The van der Waals surface area contributed by atoms with Crippen LogP contribution in [0, 0.1) is 11.8 Å². The number of cyclic esters (lactones) is 1. The van der Waals surface area contributed by atoms with Gasteiger partial charge in [0, 0.05) is 25.7 Å². The largest absolute Gasteiger partial charge is 0.461 e. The molecule has 2 saturated heterocycles. The number of hydrogen-bond donors (Lipinski definition) is 1. The Balaban J connectivity index is 1.51. The van der Waals surface area contributed by atoms with Gasteiger partial charge in [-0.25, -0.2) is 0 Å². The molecule has 1 saturated carbocycles. The van der Waals surface area contributed by atoms with Gasteiger partial charge < -0.3 is 24.4 Å². The topological polar surface area (TPSA) is 96.4 Å².